The molecule has 0 bridgehead atoms. The molecule has 0 aromatic heterocycles. The molecule has 2 unspecified atom stereocenters. The molecule has 2 nitrogen and oxygen atoms in total. The van der Waals surface area contributed by atoms with E-state index >= 15 is 0 Å². The van der Waals surface area contributed by atoms with E-state index in [1.165, 1.54) is 0 Å². The number of aliphatic hydroxyl groups excluding tert-OH is 1. The van der Waals surface area contributed by atoms with Crippen LogP contribution in [0.3, 0.4) is 0 Å². The van der Waals surface area contributed by atoms with Crippen LogP contribution in [0.1, 0.15) is 44.7 Å². The molecule has 0 heterocycles. The molecule has 1 rings (SSSR count). The van der Waals surface area contributed by atoms with Crippen molar-refractivity contribution in [3.8, 4) is 0 Å². The van der Waals surface area contributed by atoms with Crippen LogP contribution in [0.2, 0.25) is 10.0 Å². The lowest BCUT2D eigenvalue weighted by atomic mass is 10.00. The number of nitrogens with one attached hydrogen (secondary N) is 1. The highest BCUT2D eigenvalue weighted by Crippen LogP contribution is 2.28. The molecule has 2 N–H and O–H groups in total. The van der Waals surface area contributed by atoms with Crippen LogP contribution in [0.25, 0.3) is 0 Å². The number of rotatable bonds is 8. The summed E-state index contributed by atoms with van der Waals surface area (Å²) in [5, 5.41) is 13.9. The topological polar surface area (TPSA) is 32.3 Å². The Morgan fingerprint density at radius 3 is 2.47 bits per heavy atom. The highest BCUT2D eigenvalue weighted by molar-refractivity contribution is 6.35. The fraction of sp³-hybridized carbons (Fsp3) is 0.600. The average molecular weight is 304 g/mol. The molecule has 1 aromatic rings. The minimum atomic E-state index is 0.234. The first kappa shape index (κ1) is 16.8. The van der Waals surface area contributed by atoms with E-state index in [1.54, 1.807) is 6.07 Å². The van der Waals surface area contributed by atoms with E-state index in [1.807, 2.05) is 12.1 Å². The third kappa shape index (κ3) is 5.31. The number of hydrogen-bond acceptors (Lipinski definition) is 2. The Balaban J connectivity index is 2.67. The molecular formula is C15H23Cl2NO. The second-order valence-electron chi connectivity index (χ2n) is 4.82. The van der Waals surface area contributed by atoms with Crippen LogP contribution < -0.4 is 5.32 Å². The predicted octanol–water partition coefficient (Wildman–Crippen LogP) is 4.44. The number of aliphatic hydroxyl groups is 1. The van der Waals surface area contributed by atoms with Gasteiger partial charge in [-0.05, 0) is 43.0 Å². The zero-order valence-corrected chi connectivity index (χ0v) is 13.1. The van der Waals surface area contributed by atoms with Crippen LogP contribution in [-0.4, -0.2) is 18.3 Å². The first-order valence-corrected chi connectivity index (χ1v) is 7.67. The fourth-order valence-electron chi connectivity index (χ4n) is 2.20. The zero-order chi connectivity index (χ0) is 14.3. The Morgan fingerprint density at radius 1 is 1.21 bits per heavy atom. The van der Waals surface area contributed by atoms with Crippen molar-refractivity contribution >= 4 is 23.2 Å². The molecule has 0 aliphatic rings. The Kier molecular flexibility index (Phi) is 7.77. The van der Waals surface area contributed by atoms with E-state index in [0.717, 1.165) is 31.4 Å². The van der Waals surface area contributed by atoms with Gasteiger partial charge in [0.15, 0.2) is 0 Å². The maximum absolute atomic E-state index is 9.02. The number of hydrogen-bond donors (Lipinski definition) is 2. The van der Waals surface area contributed by atoms with Gasteiger partial charge in [0, 0.05) is 22.7 Å². The van der Waals surface area contributed by atoms with Gasteiger partial charge in [0.2, 0.25) is 0 Å². The van der Waals surface area contributed by atoms with Crippen LogP contribution in [0.4, 0.5) is 0 Å². The summed E-state index contributed by atoms with van der Waals surface area (Å²) in [6, 6.07) is 5.88. The van der Waals surface area contributed by atoms with E-state index in [-0.39, 0.29) is 12.6 Å². The molecule has 0 radical (unpaired) electrons. The lowest BCUT2D eigenvalue weighted by molar-refractivity contribution is 0.248. The maximum atomic E-state index is 9.02. The lowest BCUT2D eigenvalue weighted by Gasteiger charge is -2.22. The van der Waals surface area contributed by atoms with Gasteiger partial charge in [-0.2, -0.15) is 0 Å². The van der Waals surface area contributed by atoms with Gasteiger partial charge in [-0.3, -0.25) is 0 Å². The van der Waals surface area contributed by atoms with Crippen molar-refractivity contribution in [1.29, 1.82) is 0 Å². The van der Waals surface area contributed by atoms with E-state index in [9.17, 15) is 0 Å². The van der Waals surface area contributed by atoms with Gasteiger partial charge < -0.3 is 10.4 Å². The van der Waals surface area contributed by atoms with Crippen molar-refractivity contribution in [2.45, 2.75) is 39.2 Å². The maximum Gasteiger partial charge on any atom is 0.0468 e. The molecule has 1 aromatic carbocycles. The van der Waals surface area contributed by atoms with Crippen molar-refractivity contribution in [2.75, 3.05) is 13.2 Å². The van der Waals surface area contributed by atoms with E-state index < -0.39 is 0 Å². The minimum Gasteiger partial charge on any atom is -0.396 e. The molecule has 0 saturated carbocycles. The van der Waals surface area contributed by atoms with Gasteiger partial charge in [-0.15, -0.1) is 0 Å². The Labute approximate surface area is 126 Å². The van der Waals surface area contributed by atoms with Crippen LogP contribution in [-0.2, 0) is 0 Å². The van der Waals surface area contributed by atoms with E-state index in [0.29, 0.717) is 16.0 Å². The smallest absolute Gasteiger partial charge is 0.0468 e. The summed E-state index contributed by atoms with van der Waals surface area (Å²) >= 11 is 12.2. The normalized spacial score (nSPS) is 14.4. The van der Waals surface area contributed by atoms with E-state index in [2.05, 4.69) is 19.2 Å². The number of benzene rings is 1. The SMILES string of the molecule is CCC(CCO)CNC(CC)c1ccc(Cl)cc1Cl. The van der Waals surface area contributed by atoms with Crippen molar-refractivity contribution in [3.63, 3.8) is 0 Å². The van der Waals surface area contributed by atoms with Crippen molar-refractivity contribution < 1.29 is 5.11 Å². The molecule has 0 spiro atoms. The highest BCUT2D eigenvalue weighted by atomic mass is 35.5. The fourth-order valence-corrected chi connectivity index (χ4v) is 2.74. The molecule has 2 atom stereocenters. The summed E-state index contributed by atoms with van der Waals surface area (Å²) in [4.78, 5) is 0. The molecule has 0 saturated heterocycles. The zero-order valence-electron chi connectivity index (χ0n) is 11.6. The van der Waals surface area contributed by atoms with Crippen LogP contribution in [0, 0.1) is 5.92 Å². The van der Waals surface area contributed by atoms with Gasteiger partial charge in [0.25, 0.3) is 0 Å². The molecular weight excluding hydrogens is 281 g/mol. The molecule has 0 amide bonds. The molecule has 108 valence electrons. The lowest BCUT2D eigenvalue weighted by Crippen LogP contribution is -2.27. The quantitative estimate of drug-likeness (QED) is 0.744. The summed E-state index contributed by atoms with van der Waals surface area (Å²) in [5.41, 5.74) is 1.09. The van der Waals surface area contributed by atoms with Gasteiger partial charge in [0.1, 0.15) is 0 Å². The second kappa shape index (κ2) is 8.80. The Bertz CT molecular complexity index is 384. The second-order valence-corrected chi connectivity index (χ2v) is 5.67. The van der Waals surface area contributed by atoms with Crippen LogP contribution in [0.15, 0.2) is 18.2 Å². The predicted molar refractivity (Wildman–Crippen MR) is 83.0 cm³/mol. The Hall–Kier alpha value is -0.280. The molecule has 4 heteroatoms. The monoisotopic (exact) mass is 303 g/mol. The van der Waals surface area contributed by atoms with Gasteiger partial charge in [-0.25, -0.2) is 0 Å². The summed E-state index contributed by atoms with van der Waals surface area (Å²) in [7, 11) is 0. The Morgan fingerprint density at radius 2 is 1.95 bits per heavy atom. The largest absolute Gasteiger partial charge is 0.396 e. The third-order valence-electron chi connectivity index (χ3n) is 3.51. The first-order chi connectivity index (χ1) is 9.12. The van der Waals surface area contributed by atoms with Crippen LogP contribution in [0.5, 0.6) is 0 Å². The number of halogens is 2. The summed E-state index contributed by atoms with van der Waals surface area (Å²) in [6.07, 6.45) is 2.88. The van der Waals surface area contributed by atoms with Crippen molar-refractivity contribution in [1.82, 2.24) is 5.32 Å². The van der Waals surface area contributed by atoms with Crippen molar-refractivity contribution in [3.05, 3.63) is 33.8 Å². The molecule has 0 aliphatic heterocycles. The summed E-state index contributed by atoms with van der Waals surface area (Å²) < 4.78 is 0. The highest BCUT2D eigenvalue weighted by Gasteiger charge is 2.14. The minimum absolute atomic E-state index is 0.234. The first-order valence-electron chi connectivity index (χ1n) is 6.91. The van der Waals surface area contributed by atoms with Gasteiger partial charge in [-0.1, -0.05) is 49.5 Å². The van der Waals surface area contributed by atoms with E-state index in [4.69, 9.17) is 28.3 Å². The van der Waals surface area contributed by atoms with Crippen LogP contribution >= 0.6 is 23.2 Å². The summed E-state index contributed by atoms with van der Waals surface area (Å²) in [5.74, 6) is 0.505. The molecule has 19 heavy (non-hydrogen) atoms. The molecule has 0 fully saturated rings. The molecule has 0 aliphatic carbocycles. The van der Waals surface area contributed by atoms with Gasteiger partial charge in [0.05, 0.1) is 0 Å². The standard InChI is InChI=1S/C15H23Cl2NO/c1-3-11(7-8-19)10-18-15(4-2)13-6-5-12(16)9-14(13)17/h5-6,9,11,15,18-19H,3-4,7-8,10H2,1-2H3. The van der Waals surface area contributed by atoms with Crippen molar-refractivity contribution in [2.24, 2.45) is 5.92 Å². The average Bonchev–Trinajstić information content (AvgIpc) is 2.39. The third-order valence-corrected chi connectivity index (χ3v) is 4.08. The summed E-state index contributed by atoms with van der Waals surface area (Å²) in [6.45, 7) is 5.43. The van der Waals surface area contributed by atoms with Gasteiger partial charge >= 0.3 is 0 Å².